The fraction of sp³-hybridized carbons (Fsp3) is 0.917. The van der Waals surface area contributed by atoms with E-state index in [0.717, 1.165) is 6.42 Å². The van der Waals surface area contributed by atoms with Crippen LogP contribution >= 0.6 is 0 Å². The predicted octanol–water partition coefficient (Wildman–Crippen LogP) is 1.22. The smallest absolute Gasteiger partial charge is 0.410 e. The maximum absolute atomic E-state index is 11.9. The number of nitrogens with two attached hydrogens (primary N) is 1. The molecule has 1 saturated heterocycles. The molecule has 1 aliphatic rings. The van der Waals surface area contributed by atoms with Crippen LogP contribution in [0.2, 0.25) is 0 Å². The third-order valence-electron chi connectivity index (χ3n) is 2.92. The fourth-order valence-corrected chi connectivity index (χ4v) is 2.04. The lowest BCUT2D eigenvalue weighted by atomic mass is 9.95. The van der Waals surface area contributed by atoms with Gasteiger partial charge < -0.3 is 20.1 Å². The highest BCUT2D eigenvalue weighted by atomic mass is 16.6. The van der Waals surface area contributed by atoms with E-state index in [1.165, 1.54) is 0 Å². The molecule has 0 aromatic heterocycles. The summed E-state index contributed by atoms with van der Waals surface area (Å²) in [4.78, 5) is 13.6. The molecule has 5 nitrogen and oxygen atoms in total. The first-order chi connectivity index (χ1) is 7.87. The third kappa shape index (κ3) is 4.16. The van der Waals surface area contributed by atoms with E-state index in [2.05, 4.69) is 0 Å². The number of carbonyl (C=O) groups is 1. The number of piperidine rings is 1. The maximum atomic E-state index is 11.9. The second-order valence-corrected chi connectivity index (χ2v) is 5.48. The number of hydrogen-bond donors (Lipinski definition) is 1. The Morgan fingerprint density at radius 2 is 2.12 bits per heavy atom. The van der Waals surface area contributed by atoms with E-state index in [1.54, 1.807) is 12.0 Å². The van der Waals surface area contributed by atoms with Crippen LogP contribution in [0.5, 0.6) is 0 Å². The van der Waals surface area contributed by atoms with Crippen molar-refractivity contribution in [2.75, 3.05) is 26.7 Å². The van der Waals surface area contributed by atoms with E-state index in [1.807, 2.05) is 20.8 Å². The van der Waals surface area contributed by atoms with Crippen LogP contribution < -0.4 is 5.73 Å². The van der Waals surface area contributed by atoms with E-state index in [0.29, 0.717) is 19.6 Å². The third-order valence-corrected chi connectivity index (χ3v) is 2.92. The van der Waals surface area contributed by atoms with Gasteiger partial charge in [0.05, 0.1) is 6.10 Å². The number of rotatable bonds is 2. The number of likely N-dealkylation sites (tertiary alicyclic amines) is 1. The zero-order valence-electron chi connectivity index (χ0n) is 11.2. The summed E-state index contributed by atoms with van der Waals surface area (Å²) in [6.45, 7) is 7.42. The Hall–Kier alpha value is -0.810. The van der Waals surface area contributed by atoms with Crippen molar-refractivity contribution in [1.29, 1.82) is 0 Å². The molecule has 0 aliphatic carbocycles. The standard InChI is InChI=1S/C12H24N2O3/c1-12(2,3)17-11(15)14-6-5-10(16-4)9(7-13)8-14/h9-10H,5-8,13H2,1-4H3. The number of nitrogens with zero attached hydrogens (tertiary/aromatic N) is 1. The Morgan fingerprint density at radius 1 is 1.47 bits per heavy atom. The maximum Gasteiger partial charge on any atom is 0.410 e. The van der Waals surface area contributed by atoms with Gasteiger partial charge in [-0.3, -0.25) is 0 Å². The summed E-state index contributed by atoms with van der Waals surface area (Å²) in [7, 11) is 1.69. The van der Waals surface area contributed by atoms with Crippen LogP contribution in [0.3, 0.4) is 0 Å². The molecule has 5 heteroatoms. The molecule has 100 valence electrons. The van der Waals surface area contributed by atoms with Gasteiger partial charge in [-0.1, -0.05) is 0 Å². The van der Waals surface area contributed by atoms with Gasteiger partial charge >= 0.3 is 6.09 Å². The van der Waals surface area contributed by atoms with Gasteiger partial charge in [0.2, 0.25) is 0 Å². The highest BCUT2D eigenvalue weighted by Gasteiger charge is 2.32. The predicted molar refractivity (Wildman–Crippen MR) is 65.8 cm³/mol. The summed E-state index contributed by atoms with van der Waals surface area (Å²) >= 11 is 0. The lowest BCUT2D eigenvalue weighted by molar-refractivity contribution is -0.0214. The number of amides is 1. The fourth-order valence-electron chi connectivity index (χ4n) is 2.04. The van der Waals surface area contributed by atoms with Gasteiger partial charge in [-0.25, -0.2) is 4.79 Å². The van der Waals surface area contributed by atoms with Gasteiger partial charge in [-0.2, -0.15) is 0 Å². The van der Waals surface area contributed by atoms with Crippen molar-refractivity contribution < 1.29 is 14.3 Å². The summed E-state index contributed by atoms with van der Waals surface area (Å²) in [5.74, 6) is 0.196. The van der Waals surface area contributed by atoms with Gasteiger partial charge in [-0.15, -0.1) is 0 Å². The molecule has 0 radical (unpaired) electrons. The Kier molecular flexibility index (Phi) is 4.77. The summed E-state index contributed by atoms with van der Waals surface area (Å²) in [6, 6.07) is 0. The summed E-state index contributed by atoms with van der Waals surface area (Å²) < 4.78 is 10.7. The molecule has 2 N–H and O–H groups in total. The molecular formula is C12H24N2O3. The van der Waals surface area contributed by atoms with Crippen LogP contribution in [-0.2, 0) is 9.47 Å². The van der Waals surface area contributed by atoms with E-state index < -0.39 is 5.60 Å². The van der Waals surface area contributed by atoms with Crippen LogP contribution in [-0.4, -0.2) is 49.4 Å². The average Bonchev–Trinajstić information content (AvgIpc) is 2.25. The SMILES string of the molecule is COC1CCN(C(=O)OC(C)(C)C)CC1CN. The molecule has 17 heavy (non-hydrogen) atoms. The first-order valence-electron chi connectivity index (χ1n) is 6.08. The molecular weight excluding hydrogens is 220 g/mol. The molecule has 1 heterocycles. The van der Waals surface area contributed by atoms with Crippen molar-refractivity contribution in [3.63, 3.8) is 0 Å². The van der Waals surface area contributed by atoms with Crippen molar-refractivity contribution in [2.24, 2.45) is 11.7 Å². The van der Waals surface area contributed by atoms with Crippen molar-refractivity contribution in [1.82, 2.24) is 4.90 Å². The number of methoxy groups -OCH3 is 1. The minimum atomic E-state index is -0.451. The van der Waals surface area contributed by atoms with Crippen molar-refractivity contribution in [3.8, 4) is 0 Å². The lowest BCUT2D eigenvalue weighted by Crippen LogP contribution is -2.50. The van der Waals surface area contributed by atoms with E-state index >= 15 is 0 Å². The Bertz CT molecular complexity index is 263. The molecule has 1 rings (SSSR count). The summed E-state index contributed by atoms with van der Waals surface area (Å²) in [5.41, 5.74) is 5.25. The van der Waals surface area contributed by atoms with Gasteiger partial charge in [-0.05, 0) is 33.7 Å². The molecule has 0 bridgehead atoms. The van der Waals surface area contributed by atoms with Gasteiger partial charge in [0.15, 0.2) is 0 Å². The van der Waals surface area contributed by atoms with E-state index in [4.69, 9.17) is 15.2 Å². The van der Waals surface area contributed by atoms with Crippen LogP contribution in [0.4, 0.5) is 4.79 Å². The summed E-state index contributed by atoms with van der Waals surface area (Å²) in [5, 5.41) is 0. The van der Waals surface area contributed by atoms with Crippen molar-refractivity contribution >= 4 is 6.09 Å². The van der Waals surface area contributed by atoms with Crippen molar-refractivity contribution in [3.05, 3.63) is 0 Å². The normalized spacial score (nSPS) is 25.8. The van der Waals surface area contributed by atoms with Crippen molar-refractivity contribution in [2.45, 2.75) is 38.9 Å². The van der Waals surface area contributed by atoms with Crippen LogP contribution in [0.15, 0.2) is 0 Å². The number of hydrogen-bond acceptors (Lipinski definition) is 4. The molecule has 1 amide bonds. The van der Waals surface area contributed by atoms with E-state index in [-0.39, 0.29) is 18.1 Å². The zero-order valence-corrected chi connectivity index (χ0v) is 11.2. The highest BCUT2D eigenvalue weighted by molar-refractivity contribution is 5.68. The molecule has 0 aromatic rings. The van der Waals surface area contributed by atoms with E-state index in [9.17, 15) is 4.79 Å². The van der Waals surface area contributed by atoms with Crippen LogP contribution in [0.25, 0.3) is 0 Å². The second kappa shape index (κ2) is 5.69. The highest BCUT2D eigenvalue weighted by Crippen LogP contribution is 2.21. The number of carbonyl (C=O) groups excluding carboxylic acids is 1. The monoisotopic (exact) mass is 244 g/mol. The lowest BCUT2D eigenvalue weighted by Gasteiger charge is -2.37. The second-order valence-electron chi connectivity index (χ2n) is 5.48. The first-order valence-corrected chi connectivity index (χ1v) is 6.08. The molecule has 0 aromatic carbocycles. The molecule has 2 atom stereocenters. The average molecular weight is 244 g/mol. The quantitative estimate of drug-likeness (QED) is 0.793. The van der Waals surface area contributed by atoms with Gasteiger partial charge in [0, 0.05) is 26.1 Å². The molecule has 1 aliphatic heterocycles. The van der Waals surface area contributed by atoms with Gasteiger partial charge in [0.25, 0.3) is 0 Å². The minimum absolute atomic E-state index is 0.152. The Balaban J connectivity index is 2.54. The van der Waals surface area contributed by atoms with Gasteiger partial charge in [0.1, 0.15) is 5.60 Å². The molecule has 0 saturated carbocycles. The topological polar surface area (TPSA) is 64.8 Å². The Morgan fingerprint density at radius 3 is 2.59 bits per heavy atom. The first kappa shape index (κ1) is 14.3. The Labute approximate surface area is 103 Å². The molecule has 2 unspecified atom stereocenters. The number of ether oxygens (including phenoxy) is 2. The zero-order chi connectivity index (χ0) is 13.1. The molecule has 1 fully saturated rings. The summed E-state index contributed by atoms with van der Waals surface area (Å²) in [6.07, 6.45) is 0.710. The molecule has 0 spiro atoms. The van der Waals surface area contributed by atoms with Crippen LogP contribution in [0, 0.1) is 5.92 Å². The minimum Gasteiger partial charge on any atom is -0.444 e. The largest absolute Gasteiger partial charge is 0.444 e. The van der Waals surface area contributed by atoms with Crippen LogP contribution in [0.1, 0.15) is 27.2 Å².